The van der Waals surface area contributed by atoms with Gasteiger partial charge in [-0.25, -0.2) is 4.72 Å². The average molecular weight is 292 g/mol. The van der Waals surface area contributed by atoms with Gasteiger partial charge in [-0.05, 0) is 25.2 Å². The van der Waals surface area contributed by atoms with Gasteiger partial charge in [-0.2, -0.15) is 12.7 Å². The molecule has 0 aromatic rings. The monoisotopic (exact) mass is 292 g/mol. The highest BCUT2D eigenvalue weighted by Crippen LogP contribution is 2.34. The summed E-state index contributed by atoms with van der Waals surface area (Å²) in [5, 5.41) is 9.35. The van der Waals surface area contributed by atoms with Crippen molar-refractivity contribution in [2.45, 2.75) is 40.0 Å². The molecule has 0 aliphatic carbocycles. The molecule has 0 bridgehead atoms. The molecule has 0 amide bonds. The third kappa shape index (κ3) is 3.90. The highest BCUT2D eigenvalue weighted by molar-refractivity contribution is 7.87. The molecule has 0 aromatic heterocycles. The molecule has 1 heterocycles. The van der Waals surface area contributed by atoms with E-state index in [1.165, 1.54) is 4.31 Å². The molecule has 0 spiro atoms. The lowest BCUT2D eigenvalue weighted by Crippen LogP contribution is -2.53. The first-order chi connectivity index (χ1) is 8.73. The van der Waals surface area contributed by atoms with Crippen molar-refractivity contribution in [3.63, 3.8) is 0 Å². The molecule has 1 atom stereocenters. The van der Waals surface area contributed by atoms with E-state index in [2.05, 4.69) is 4.72 Å². The van der Waals surface area contributed by atoms with E-state index in [1.54, 1.807) is 6.92 Å². The second kappa shape index (κ2) is 6.19. The number of hydrogen-bond donors (Lipinski definition) is 2. The predicted octanol–water partition coefficient (Wildman–Crippen LogP) is 1.05. The Hall–Kier alpha value is -0.660. The highest BCUT2D eigenvalue weighted by atomic mass is 32.2. The number of piperidine rings is 1. The summed E-state index contributed by atoms with van der Waals surface area (Å²) in [4.78, 5) is 11.4. The van der Waals surface area contributed by atoms with E-state index in [0.29, 0.717) is 32.4 Å². The fourth-order valence-electron chi connectivity index (χ4n) is 2.27. The van der Waals surface area contributed by atoms with Crippen LogP contribution in [0.25, 0.3) is 0 Å². The molecule has 0 aromatic carbocycles. The van der Waals surface area contributed by atoms with Crippen molar-refractivity contribution in [2.75, 3.05) is 19.6 Å². The SMILES string of the molecule is CCC1(C(=O)O)CCCN(S(=O)(=O)NCC(C)C)C1. The summed E-state index contributed by atoms with van der Waals surface area (Å²) in [5.74, 6) is -0.686. The van der Waals surface area contributed by atoms with Gasteiger partial charge in [0.05, 0.1) is 5.41 Å². The lowest BCUT2D eigenvalue weighted by atomic mass is 9.78. The third-order valence-corrected chi connectivity index (χ3v) is 5.21. The van der Waals surface area contributed by atoms with Crippen LogP contribution in [0.3, 0.4) is 0 Å². The van der Waals surface area contributed by atoms with Gasteiger partial charge in [0.2, 0.25) is 0 Å². The van der Waals surface area contributed by atoms with E-state index in [9.17, 15) is 18.3 Å². The largest absolute Gasteiger partial charge is 0.481 e. The number of carboxylic acid groups (broad SMARTS) is 1. The Labute approximate surface area is 115 Å². The Morgan fingerprint density at radius 3 is 2.58 bits per heavy atom. The van der Waals surface area contributed by atoms with Gasteiger partial charge in [0.25, 0.3) is 10.2 Å². The van der Waals surface area contributed by atoms with Crippen LogP contribution in [0.5, 0.6) is 0 Å². The molecule has 2 N–H and O–H groups in total. The molecule has 112 valence electrons. The zero-order valence-electron chi connectivity index (χ0n) is 11.8. The van der Waals surface area contributed by atoms with Crippen LogP contribution in [-0.2, 0) is 15.0 Å². The van der Waals surface area contributed by atoms with Gasteiger partial charge in [0.1, 0.15) is 0 Å². The average Bonchev–Trinajstić information content (AvgIpc) is 2.36. The van der Waals surface area contributed by atoms with Gasteiger partial charge >= 0.3 is 5.97 Å². The first-order valence-electron chi connectivity index (χ1n) is 6.71. The van der Waals surface area contributed by atoms with Gasteiger partial charge in [0.15, 0.2) is 0 Å². The van der Waals surface area contributed by atoms with Crippen LogP contribution in [0.15, 0.2) is 0 Å². The summed E-state index contributed by atoms with van der Waals surface area (Å²) < 4.78 is 28.1. The summed E-state index contributed by atoms with van der Waals surface area (Å²) in [5.41, 5.74) is -0.940. The lowest BCUT2D eigenvalue weighted by Gasteiger charge is -2.38. The van der Waals surface area contributed by atoms with E-state index in [4.69, 9.17) is 0 Å². The molecule has 1 unspecified atom stereocenters. The van der Waals surface area contributed by atoms with Crippen LogP contribution in [0.2, 0.25) is 0 Å². The maximum Gasteiger partial charge on any atom is 0.310 e. The topological polar surface area (TPSA) is 86.7 Å². The molecule has 0 radical (unpaired) electrons. The van der Waals surface area contributed by atoms with Crippen LogP contribution < -0.4 is 4.72 Å². The molecule has 6 nitrogen and oxygen atoms in total. The summed E-state index contributed by atoms with van der Waals surface area (Å²) in [6.07, 6.45) is 1.57. The van der Waals surface area contributed by atoms with Crippen molar-refractivity contribution in [3.8, 4) is 0 Å². The number of aliphatic carboxylic acids is 1. The molecule has 19 heavy (non-hydrogen) atoms. The van der Waals surface area contributed by atoms with Gasteiger partial charge in [-0.1, -0.05) is 20.8 Å². The lowest BCUT2D eigenvalue weighted by molar-refractivity contribution is -0.151. The summed E-state index contributed by atoms with van der Waals surface area (Å²) in [6.45, 7) is 6.46. The number of carbonyl (C=O) groups is 1. The van der Waals surface area contributed by atoms with Crippen LogP contribution in [0.4, 0.5) is 0 Å². The second-order valence-electron chi connectivity index (χ2n) is 5.62. The quantitative estimate of drug-likeness (QED) is 0.766. The highest BCUT2D eigenvalue weighted by Gasteiger charge is 2.43. The minimum atomic E-state index is -3.57. The number of carboxylic acids is 1. The molecule has 7 heteroatoms. The molecule has 1 aliphatic heterocycles. The Morgan fingerprint density at radius 2 is 2.11 bits per heavy atom. The molecule has 1 aliphatic rings. The number of hydrogen-bond acceptors (Lipinski definition) is 3. The number of rotatable bonds is 6. The van der Waals surface area contributed by atoms with Gasteiger partial charge in [0, 0.05) is 19.6 Å². The molecule has 1 rings (SSSR count). The number of nitrogens with one attached hydrogen (secondary N) is 1. The smallest absolute Gasteiger partial charge is 0.310 e. The molecular formula is C12H24N2O4S. The van der Waals surface area contributed by atoms with Gasteiger partial charge in [-0.3, -0.25) is 4.79 Å². The molecular weight excluding hydrogens is 268 g/mol. The normalized spacial score (nSPS) is 25.7. The standard InChI is InChI=1S/C12H24N2O4S/c1-4-12(11(15)16)6-5-7-14(9-12)19(17,18)13-8-10(2)3/h10,13H,4-9H2,1-3H3,(H,15,16). The summed E-state index contributed by atoms with van der Waals surface area (Å²) in [6, 6.07) is 0. The van der Waals surface area contributed by atoms with E-state index in [-0.39, 0.29) is 12.5 Å². The first-order valence-corrected chi connectivity index (χ1v) is 8.15. The minimum Gasteiger partial charge on any atom is -0.481 e. The third-order valence-electron chi connectivity index (χ3n) is 3.69. The Morgan fingerprint density at radius 1 is 1.47 bits per heavy atom. The second-order valence-corrected chi connectivity index (χ2v) is 7.38. The Balaban J connectivity index is 2.81. The summed E-state index contributed by atoms with van der Waals surface area (Å²) >= 11 is 0. The zero-order valence-corrected chi connectivity index (χ0v) is 12.7. The zero-order chi connectivity index (χ0) is 14.7. The van der Waals surface area contributed by atoms with Crippen LogP contribution in [-0.4, -0.2) is 43.4 Å². The van der Waals surface area contributed by atoms with Crippen molar-refractivity contribution < 1.29 is 18.3 Å². The maximum absolute atomic E-state index is 12.1. The Kier molecular flexibility index (Phi) is 5.34. The van der Waals surface area contributed by atoms with Crippen LogP contribution >= 0.6 is 0 Å². The molecule has 1 saturated heterocycles. The number of nitrogens with zero attached hydrogens (tertiary/aromatic N) is 1. The van der Waals surface area contributed by atoms with Crippen LogP contribution in [0.1, 0.15) is 40.0 Å². The van der Waals surface area contributed by atoms with Gasteiger partial charge < -0.3 is 5.11 Å². The van der Waals surface area contributed by atoms with Crippen molar-refractivity contribution in [1.82, 2.24) is 9.03 Å². The van der Waals surface area contributed by atoms with Crippen LogP contribution in [0, 0.1) is 11.3 Å². The predicted molar refractivity (Wildman–Crippen MR) is 72.9 cm³/mol. The molecule has 1 fully saturated rings. The Bertz CT molecular complexity index is 421. The first kappa shape index (κ1) is 16.4. The van der Waals surface area contributed by atoms with E-state index in [0.717, 1.165) is 0 Å². The van der Waals surface area contributed by atoms with E-state index < -0.39 is 21.6 Å². The molecule has 0 saturated carbocycles. The minimum absolute atomic E-state index is 0.0618. The summed E-state index contributed by atoms with van der Waals surface area (Å²) in [7, 11) is -3.57. The van der Waals surface area contributed by atoms with E-state index in [1.807, 2.05) is 13.8 Å². The maximum atomic E-state index is 12.1. The van der Waals surface area contributed by atoms with Crippen molar-refractivity contribution in [2.24, 2.45) is 11.3 Å². The van der Waals surface area contributed by atoms with Crippen molar-refractivity contribution in [1.29, 1.82) is 0 Å². The fourth-order valence-corrected chi connectivity index (χ4v) is 3.79. The van der Waals surface area contributed by atoms with Crippen molar-refractivity contribution in [3.05, 3.63) is 0 Å². The van der Waals surface area contributed by atoms with Gasteiger partial charge in [-0.15, -0.1) is 0 Å². The fraction of sp³-hybridized carbons (Fsp3) is 0.917. The van der Waals surface area contributed by atoms with E-state index >= 15 is 0 Å². The van der Waals surface area contributed by atoms with Crippen molar-refractivity contribution >= 4 is 16.2 Å².